The van der Waals surface area contributed by atoms with Crippen LogP contribution >= 0.6 is 0 Å². The predicted octanol–water partition coefficient (Wildman–Crippen LogP) is 2.78. The van der Waals surface area contributed by atoms with E-state index < -0.39 is 6.10 Å². The number of hydrogen-bond acceptors (Lipinski definition) is 3. The van der Waals surface area contributed by atoms with E-state index in [1.165, 1.54) is 0 Å². The topological polar surface area (TPSA) is 58.3 Å². The third kappa shape index (κ3) is 3.08. The smallest absolute Gasteiger partial charge is 0.0986 e. The number of nitrogens with zero attached hydrogens (tertiary/aromatic N) is 2. The van der Waals surface area contributed by atoms with E-state index in [0.29, 0.717) is 12.2 Å². The molecule has 0 amide bonds. The molecule has 0 bridgehead atoms. The molecule has 0 aliphatic rings. The van der Waals surface area contributed by atoms with Crippen molar-refractivity contribution in [3.05, 3.63) is 78.0 Å². The Morgan fingerprint density at radius 2 is 1.59 bits per heavy atom. The summed E-state index contributed by atoms with van der Waals surface area (Å²) in [5, 5.41) is 24.4. The van der Waals surface area contributed by atoms with E-state index in [4.69, 9.17) is 0 Å². The normalized spacial score (nSPS) is 12.3. The average Bonchev–Trinajstić information content (AvgIpc) is 2.99. The van der Waals surface area contributed by atoms with Crippen molar-refractivity contribution in [1.29, 1.82) is 0 Å². The standard InChI is InChI=1S/C18H18N2O2/c21-13-16-11-17(14-7-3-1-4-8-14)19-20(16)12-18(22)15-9-5-2-6-10-15/h1-11,18,21-22H,12-13H2. The molecule has 112 valence electrons. The highest BCUT2D eigenvalue weighted by atomic mass is 16.3. The Bertz CT molecular complexity index is 723. The van der Waals surface area contributed by atoms with Crippen molar-refractivity contribution in [1.82, 2.24) is 9.78 Å². The fourth-order valence-electron chi connectivity index (χ4n) is 2.44. The van der Waals surface area contributed by atoms with Crippen LogP contribution < -0.4 is 0 Å². The number of rotatable bonds is 5. The van der Waals surface area contributed by atoms with Gasteiger partial charge in [-0.2, -0.15) is 5.10 Å². The largest absolute Gasteiger partial charge is 0.390 e. The molecule has 0 saturated carbocycles. The van der Waals surface area contributed by atoms with E-state index >= 15 is 0 Å². The fourth-order valence-corrected chi connectivity index (χ4v) is 2.44. The first-order valence-electron chi connectivity index (χ1n) is 7.24. The molecular weight excluding hydrogens is 276 g/mol. The van der Waals surface area contributed by atoms with Crippen molar-refractivity contribution in [2.75, 3.05) is 0 Å². The van der Waals surface area contributed by atoms with Gasteiger partial charge in [0.05, 0.1) is 30.6 Å². The third-order valence-corrected chi connectivity index (χ3v) is 3.63. The Labute approximate surface area is 129 Å². The lowest BCUT2D eigenvalue weighted by Gasteiger charge is -2.12. The molecule has 2 N–H and O–H groups in total. The highest BCUT2D eigenvalue weighted by molar-refractivity contribution is 5.59. The Morgan fingerprint density at radius 3 is 2.23 bits per heavy atom. The predicted molar refractivity (Wildman–Crippen MR) is 85.0 cm³/mol. The molecular formula is C18H18N2O2. The highest BCUT2D eigenvalue weighted by Crippen LogP contribution is 2.21. The van der Waals surface area contributed by atoms with Gasteiger partial charge in [-0.25, -0.2) is 0 Å². The maximum absolute atomic E-state index is 10.3. The van der Waals surface area contributed by atoms with Crippen molar-refractivity contribution >= 4 is 0 Å². The first kappa shape index (κ1) is 14.5. The Hall–Kier alpha value is -2.43. The van der Waals surface area contributed by atoms with Gasteiger partial charge in [0.15, 0.2) is 0 Å². The summed E-state index contributed by atoms with van der Waals surface area (Å²) >= 11 is 0. The fraction of sp³-hybridized carbons (Fsp3) is 0.167. The van der Waals surface area contributed by atoms with E-state index in [1.54, 1.807) is 4.68 Å². The SMILES string of the molecule is OCc1cc(-c2ccccc2)nn1CC(O)c1ccccc1. The van der Waals surface area contributed by atoms with E-state index in [1.807, 2.05) is 66.7 Å². The number of aliphatic hydroxyl groups is 2. The molecule has 0 aliphatic heterocycles. The Balaban J connectivity index is 1.86. The van der Waals surface area contributed by atoms with Crippen LogP contribution in [0.4, 0.5) is 0 Å². The number of benzene rings is 2. The molecule has 4 heteroatoms. The van der Waals surface area contributed by atoms with Crippen molar-refractivity contribution in [3.8, 4) is 11.3 Å². The van der Waals surface area contributed by atoms with Crippen LogP contribution in [-0.4, -0.2) is 20.0 Å². The maximum Gasteiger partial charge on any atom is 0.0986 e. The van der Waals surface area contributed by atoms with Crippen LogP contribution in [0.3, 0.4) is 0 Å². The monoisotopic (exact) mass is 294 g/mol. The molecule has 0 aliphatic carbocycles. The molecule has 3 rings (SSSR count). The second-order valence-electron chi connectivity index (χ2n) is 5.15. The molecule has 1 aromatic heterocycles. The molecule has 2 aromatic carbocycles. The summed E-state index contributed by atoms with van der Waals surface area (Å²) in [5.41, 5.74) is 3.31. The van der Waals surface area contributed by atoms with Crippen LogP contribution in [0.2, 0.25) is 0 Å². The van der Waals surface area contributed by atoms with Gasteiger partial charge in [-0.05, 0) is 11.6 Å². The average molecular weight is 294 g/mol. The van der Waals surface area contributed by atoms with Crippen LogP contribution in [0.15, 0.2) is 66.7 Å². The highest BCUT2D eigenvalue weighted by Gasteiger charge is 2.13. The van der Waals surface area contributed by atoms with Gasteiger partial charge in [0.25, 0.3) is 0 Å². The van der Waals surface area contributed by atoms with E-state index in [0.717, 1.165) is 16.8 Å². The number of aliphatic hydroxyl groups excluding tert-OH is 2. The minimum atomic E-state index is -0.657. The molecule has 3 aromatic rings. The van der Waals surface area contributed by atoms with Crippen molar-refractivity contribution < 1.29 is 10.2 Å². The summed E-state index contributed by atoms with van der Waals surface area (Å²) in [7, 11) is 0. The van der Waals surface area contributed by atoms with Crippen molar-refractivity contribution in [2.45, 2.75) is 19.3 Å². The molecule has 1 unspecified atom stereocenters. The van der Waals surface area contributed by atoms with E-state index in [9.17, 15) is 10.2 Å². The summed E-state index contributed by atoms with van der Waals surface area (Å²) in [6, 6.07) is 21.1. The summed E-state index contributed by atoms with van der Waals surface area (Å²) in [6.45, 7) is 0.202. The number of aromatic nitrogens is 2. The molecule has 0 spiro atoms. The van der Waals surface area contributed by atoms with Gasteiger partial charge >= 0.3 is 0 Å². The van der Waals surface area contributed by atoms with Crippen LogP contribution in [-0.2, 0) is 13.2 Å². The second kappa shape index (κ2) is 6.56. The Morgan fingerprint density at radius 1 is 0.955 bits per heavy atom. The first-order chi connectivity index (χ1) is 10.8. The van der Waals surface area contributed by atoms with Gasteiger partial charge in [-0.3, -0.25) is 4.68 Å². The van der Waals surface area contributed by atoms with Gasteiger partial charge in [-0.1, -0.05) is 60.7 Å². The Kier molecular flexibility index (Phi) is 4.32. The van der Waals surface area contributed by atoms with Gasteiger partial charge in [0, 0.05) is 5.56 Å². The van der Waals surface area contributed by atoms with E-state index in [-0.39, 0.29) is 6.61 Å². The zero-order valence-corrected chi connectivity index (χ0v) is 12.1. The molecule has 0 saturated heterocycles. The molecule has 0 radical (unpaired) electrons. The zero-order valence-electron chi connectivity index (χ0n) is 12.1. The minimum Gasteiger partial charge on any atom is -0.390 e. The zero-order chi connectivity index (χ0) is 15.4. The lowest BCUT2D eigenvalue weighted by molar-refractivity contribution is 0.147. The van der Waals surface area contributed by atoms with Gasteiger partial charge in [0.2, 0.25) is 0 Å². The van der Waals surface area contributed by atoms with Crippen LogP contribution in [0.5, 0.6) is 0 Å². The summed E-state index contributed by atoms with van der Waals surface area (Å²) in [4.78, 5) is 0. The molecule has 4 nitrogen and oxygen atoms in total. The molecule has 0 fully saturated rings. The van der Waals surface area contributed by atoms with E-state index in [2.05, 4.69) is 5.10 Å². The van der Waals surface area contributed by atoms with Gasteiger partial charge < -0.3 is 10.2 Å². The summed E-state index contributed by atoms with van der Waals surface area (Å²) < 4.78 is 1.67. The van der Waals surface area contributed by atoms with Crippen LogP contribution in [0.25, 0.3) is 11.3 Å². The third-order valence-electron chi connectivity index (χ3n) is 3.63. The first-order valence-corrected chi connectivity index (χ1v) is 7.24. The van der Waals surface area contributed by atoms with Crippen molar-refractivity contribution in [2.24, 2.45) is 0 Å². The minimum absolute atomic E-state index is 0.110. The number of hydrogen-bond donors (Lipinski definition) is 2. The molecule has 1 heterocycles. The summed E-state index contributed by atoms with van der Waals surface area (Å²) in [5.74, 6) is 0. The van der Waals surface area contributed by atoms with Gasteiger partial charge in [-0.15, -0.1) is 0 Å². The van der Waals surface area contributed by atoms with Crippen LogP contribution in [0, 0.1) is 0 Å². The van der Waals surface area contributed by atoms with Crippen LogP contribution in [0.1, 0.15) is 17.4 Å². The van der Waals surface area contributed by atoms with Crippen molar-refractivity contribution in [3.63, 3.8) is 0 Å². The quantitative estimate of drug-likeness (QED) is 0.760. The second-order valence-corrected chi connectivity index (χ2v) is 5.15. The molecule has 1 atom stereocenters. The van der Waals surface area contributed by atoms with Gasteiger partial charge in [0.1, 0.15) is 0 Å². The summed E-state index contributed by atoms with van der Waals surface area (Å²) in [6.07, 6.45) is -0.657. The lowest BCUT2D eigenvalue weighted by Crippen LogP contribution is -2.12. The molecule has 22 heavy (non-hydrogen) atoms. The lowest BCUT2D eigenvalue weighted by atomic mass is 10.1. The maximum atomic E-state index is 10.3.